The predicted octanol–water partition coefficient (Wildman–Crippen LogP) is 3.43. The predicted molar refractivity (Wildman–Crippen MR) is 106 cm³/mol. The maximum atomic E-state index is 12.3. The van der Waals surface area contributed by atoms with Crippen LogP contribution in [0.1, 0.15) is 24.9 Å². The van der Waals surface area contributed by atoms with Crippen molar-refractivity contribution in [3.8, 4) is 0 Å². The number of hydrogen-bond donors (Lipinski definition) is 1. The molecule has 2 amide bonds. The summed E-state index contributed by atoms with van der Waals surface area (Å²) in [6.45, 7) is 1.80. The van der Waals surface area contributed by atoms with Crippen molar-refractivity contribution in [3.63, 3.8) is 0 Å². The molecular weight excluding hydrogens is 380 g/mol. The van der Waals surface area contributed by atoms with Crippen LogP contribution in [0.4, 0.5) is 5.69 Å². The second-order valence-corrected chi connectivity index (χ2v) is 7.14. The summed E-state index contributed by atoms with van der Waals surface area (Å²) in [5.74, 6) is -1.67. The van der Waals surface area contributed by atoms with Crippen molar-refractivity contribution in [2.75, 3.05) is 18.5 Å². The largest absolute Gasteiger partial charge is 0.455 e. The Labute approximate surface area is 168 Å². The number of likely N-dealkylation sites (tertiary alicyclic amines) is 1. The molecule has 6 nitrogen and oxygen atoms in total. The van der Waals surface area contributed by atoms with E-state index in [-0.39, 0.29) is 24.9 Å². The van der Waals surface area contributed by atoms with E-state index in [2.05, 4.69) is 5.32 Å². The van der Waals surface area contributed by atoms with E-state index in [0.717, 1.165) is 5.56 Å². The molecule has 1 saturated heterocycles. The Morgan fingerprint density at radius 2 is 1.96 bits per heavy atom. The van der Waals surface area contributed by atoms with Crippen molar-refractivity contribution >= 4 is 35.1 Å². The number of benzene rings is 2. The van der Waals surface area contributed by atoms with Crippen LogP contribution in [-0.2, 0) is 19.1 Å². The van der Waals surface area contributed by atoms with Gasteiger partial charge in [0.25, 0.3) is 5.91 Å². The van der Waals surface area contributed by atoms with E-state index in [4.69, 9.17) is 16.3 Å². The maximum absolute atomic E-state index is 12.3. The molecule has 1 fully saturated rings. The number of amides is 2. The zero-order valence-corrected chi connectivity index (χ0v) is 16.2. The molecule has 2 aromatic rings. The summed E-state index contributed by atoms with van der Waals surface area (Å²) in [4.78, 5) is 38.3. The third kappa shape index (κ3) is 4.89. The Kier molecular flexibility index (Phi) is 6.31. The van der Waals surface area contributed by atoms with Crippen LogP contribution in [-0.4, -0.2) is 35.8 Å². The first-order valence-corrected chi connectivity index (χ1v) is 9.38. The molecule has 0 radical (unpaired) electrons. The zero-order chi connectivity index (χ0) is 20.1. The van der Waals surface area contributed by atoms with Gasteiger partial charge in [0.05, 0.1) is 12.0 Å². The Hall–Kier alpha value is -2.86. The van der Waals surface area contributed by atoms with E-state index in [1.54, 1.807) is 29.2 Å². The molecule has 1 aliphatic heterocycles. The van der Waals surface area contributed by atoms with Crippen LogP contribution >= 0.6 is 11.6 Å². The summed E-state index contributed by atoms with van der Waals surface area (Å²) in [6.07, 6.45) is 0.0892. The fourth-order valence-electron chi connectivity index (χ4n) is 3.19. The first-order chi connectivity index (χ1) is 13.4. The minimum absolute atomic E-state index is 0.0892. The van der Waals surface area contributed by atoms with Crippen molar-refractivity contribution in [1.29, 1.82) is 0 Å². The summed E-state index contributed by atoms with van der Waals surface area (Å²) in [7, 11) is 0. The zero-order valence-electron chi connectivity index (χ0n) is 15.4. The van der Waals surface area contributed by atoms with Crippen molar-refractivity contribution in [1.82, 2.24) is 4.90 Å². The molecular formula is C21H21ClN2O4. The van der Waals surface area contributed by atoms with Crippen LogP contribution in [0.25, 0.3) is 0 Å². The van der Waals surface area contributed by atoms with E-state index in [1.807, 2.05) is 37.3 Å². The molecule has 3 rings (SSSR count). The molecule has 2 atom stereocenters. The van der Waals surface area contributed by atoms with Gasteiger partial charge in [-0.1, -0.05) is 48.0 Å². The number of carbonyl (C=O) groups is 3. The Morgan fingerprint density at radius 1 is 1.21 bits per heavy atom. The lowest BCUT2D eigenvalue weighted by molar-refractivity contribution is -0.151. The van der Waals surface area contributed by atoms with Crippen molar-refractivity contribution in [2.24, 2.45) is 5.92 Å². The summed E-state index contributed by atoms with van der Waals surface area (Å²) in [5.41, 5.74) is 1.53. The highest BCUT2D eigenvalue weighted by molar-refractivity contribution is 6.30. The number of anilines is 1. The lowest BCUT2D eigenvalue weighted by Crippen LogP contribution is -2.30. The van der Waals surface area contributed by atoms with E-state index in [0.29, 0.717) is 10.7 Å². The molecule has 7 heteroatoms. The molecule has 0 aromatic heterocycles. The third-order valence-electron chi connectivity index (χ3n) is 4.70. The highest BCUT2D eigenvalue weighted by Gasteiger charge is 2.38. The van der Waals surface area contributed by atoms with Gasteiger partial charge in [-0.25, -0.2) is 0 Å². The molecule has 2 aromatic carbocycles. The molecule has 0 saturated carbocycles. The highest BCUT2D eigenvalue weighted by atomic mass is 35.5. The molecule has 0 aliphatic carbocycles. The first kappa shape index (κ1) is 19.9. The summed E-state index contributed by atoms with van der Waals surface area (Å²) >= 11 is 5.87. The maximum Gasteiger partial charge on any atom is 0.311 e. The number of halogens is 1. The lowest BCUT2D eigenvalue weighted by Gasteiger charge is -2.25. The topological polar surface area (TPSA) is 75.7 Å². The normalized spacial score (nSPS) is 17.3. The fourth-order valence-corrected chi connectivity index (χ4v) is 3.38. The SMILES string of the molecule is C[C@H](c1ccccc1)N1C[C@@H](C(=O)OCC(=O)Nc2cccc(Cl)c2)CC1=O. The van der Waals surface area contributed by atoms with Gasteiger partial charge in [-0.2, -0.15) is 0 Å². The van der Waals surface area contributed by atoms with E-state index < -0.39 is 24.4 Å². The molecule has 0 bridgehead atoms. The second-order valence-electron chi connectivity index (χ2n) is 6.70. The highest BCUT2D eigenvalue weighted by Crippen LogP contribution is 2.29. The summed E-state index contributed by atoms with van der Waals surface area (Å²) < 4.78 is 5.11. The van der Waals surface area contributed by atoms with Crippen LogP contribution in [0.2, 0.25) is 5.02 Å². The van der Waals surface area contributed by atoms with E-state index in [1.165, 1.54) is 0 Å². The molecule has 28 heavy (non-hydrogen) atoms. The average Bonchev–Trinajstić information content (AvgIpc) is 3.08. The van der Waals surface area contributed by atoms with Crippen LogP contribution < -0.4 is 5.32 Å². The summed E-state index contributed by atoms with van der Waals surface area (Å²) in [6, 6.07) is 16.2. The van der Waals surface area contributed by atoms with Crippen LogP contribution in [0.5, 0.6) is 0 Å². The third-order valence-corrected chi connectivity index (χ3v) is 4.93. The minimum Gasteiger partial charge on any atom is -0.455 e. The molecule has 0 spiro atoms. The number of esters is 1. The van der Waals surface area contributed by atoms with Crippen molar-refractivity contribution in [2.45, 2.75) is 19.4 Å². The number of rotatable bonds is 6. The number of carbonyl (C=O) groups excluding carboxylic acids is 3. The van der Waals surface area contributed by atoms with Gasteiger partial charge in [-0.15, -0.1) is 0 Å². The van der Waals surface area contributed by atoms with Gasteiger partial charge in [-0.05, 0) is 30.7 Å². The Bertz CT molecular complexity index is 872. The standard InChI is InChI=1S/C21H21ClN2O4/c1-14(15-6-3-2-4-7-15)24-12-16(10-20(24)26)21(27)28-13-19(25)23-18-9-5-8-17(22)11-18/h2-9,11,14,16H,10,12-13H2,1H3,(H,23,25)/t14-,16+/m1/s1. The van der Waals surface area contributed by atoms with Gasteiger partial charge in [0.15, 0.2) is 6.61 Å². The van der Waals surface area contributed by atoms with Gasteiger partial charge in [-0.3, -0.25) is 14.4 Å². The second kappa shape index (κ2) is 8.89. The number of nitrogens with zero attached hydrogens (tertiary/aromatic N) is 1. The van der Waals surface area contributed by atoms with Crippen LogP contribution in [0.15, 0.2) is 54.6 Å². The van der Waals surface area contributed by atoms with E-state index in [9.17, 15) is 14.4 Å². The minimum atomic E-state index is -0.572. The number of ether oxygens (including phenoxy) is 1. The van der Waals surface area contributed by atoms with Gasteiger partial charge in [0.2, 0.25) is 5.91 Å². The Morgan fingerprint density at radius 3 is 2.68 bits per heavy atom. The lowest BCUT2D eigenvalue weighted by atomic mass is 10.1. The molecule has 1 N–H and O–H groups in total. The summed E-state index contributed by atoms with van der Waals surface area (Å²) in [5, 5.41) is 3.10. The number of nitrogens with one attached hydrogen (secondary N) is 1. The smallest absolute Gasteiger partial charge is 0.311 e. The molecule has 0 unspecified atom stereocenters. The van der Waals surface area contributed by atoms with Gasteiger partial charge in [0, 0.05) is 23.7 Å². The number of hydrogen-bond acceptors (Lipinski definition) is 4. The van der Waals surface area contributed by atoms with Crippen molar-refractivity contribution < 1.29 is 19.1 Å². The fraction of sp³-hybridized carbons (Fsp3) is 0.286. The van der Waals surface area contributed by atoms with E-state index >= 15 is 0 Å². The molecule has 146 valence electrons. The molecule has 1 heterocycles. The van der Waals surface area contributed by atoms with Gasteiger partial charge in [0.1, 0.15) is 0 Å². The first-order valence-electron chi connectivity index (χ1n) is 9.00. The van der Waals surface area contributed by atoms with Crippen molar-refractivity contribution in [3.05, 3.63) is 65.2 Å². The van der Waals surface area contributed by atoms with Gasteiger partial charge < -0.3 is 15.0 Å². The van der Waals surface area contributed by atoms with Crippen LogP contribution in [0.3, 0.4) is 0 Å². The van der Waals surface area contributed by atoms with Crippen LogP contribution in [0, 0.1) is 5.92 Å². The monoisotopic (exact) mass is 400 g/mol. The van der Waals surface area contributed by atoms with Gasteiger partial charge >= 0.3 is 5.97 Å². The quantitative estimate of drug-likeness (QED) is 0.754. The Balaban J connectivity index is 1.51. The average molecular weight is 401 g/mol. The molecule has 1 aliphatic rings.